The Morgan fingerprint density at radius 2 is 2.17 bits per heavy atom. The third kappa shape index (κ3) is 3.56. The van der Waals surface area contributed by atoms with E-state index < -0.39 is 0 Å². The third-order valence-electron chi connectivity index (χ3n) is 4.25. The van der Waals surface area contributed by atoms with Gasteiger partial charge in [-0.05, 0) is 50.6 Å². The third-order valence-corrected chi connectivity index (χ3v) is 4.25. The monoisotopic (exact) mass is 253 g/mol. The molecule has 1 saturated heterocycles. The van der Waals surface area contributed by atoms with E-state index in [0.29, 0.717) is 12.7 Å². The van der Waals surface area contributed by atoms with Crippen molar-refractivity contribution in [2.24, 2.45) is 5.73 Å². The highest BCUT2D eigenvalue weighted by atomic mass is 16.5. The van der Waals surface area contributed by atoms with Crippen molar-refractivity contribution < 1.29 is 9.47 Å². The van der Waals surface area contributed by atoms with Crippen molar-refractivity contribution >= 4 is 0 Å². The first-order chi connectivity index (χ1) is 8.78. The summed E-state index contributed by atoms with van der Waals surface area (Å²) in [7, 11) is 1.75. The first-order valence-electron chi connectivity index (χ1n) is 7.34. The van der Waals surface area contributed by atoms with Crippen LogP contribution in [0.1, 0.15) is 51.4 Å². The fourth-order valence-electron chi connectivity index (χ4n) is 3.33. The van der Waals surface area contributed by atoms with Crippen molar-refractivity contribution in [2.75, 3.05) is 20.3 Å². The summed E-state index contributed by atoms with van der Waals surface area (Å²) in [5.74, 6) is 0. The van der Waals surface area contributed by atoms with Crippen LogP contribution in [0.25, 0.3) is 0 Å². The molecule has 3 heteroatoms. The van der Waals surface area contributed by atoms with Crippen LogP contribution < -0.4 is 5.73 Å². The van der Waals surface area contributed by atoms with Crippen LogP contribution in [0.3, 0.4) is 0 Å². The van der Waals surface area contributed by atoms with Gasteiger partial charge in [0.15, 0.2) is 0 Å². The highest BCUT2D eigenvalue weighted by Crippen LogP contribution is 2.43. The second-order valence-electron chi connectivity index (χ2n) is 5.74. The molecular formula is C15H27NO2. The van der Waals surface area contributed by atoms with E-state index in [0.717, 1.165) is 19.4 Å². The largest absolute Gasteiger partial charge is 0.380 e. The van der Waals surface area contributed by atoms with Gasteiger partial charge in [-0.2, -0.15) is 0 Å². The van der Waals surface area contributed by atoms with Crippen LogP contribution in [0, 0.1) is 0 Å². The molecule has 104 valence electrons. The predicted molar refractivity (Wildman–Crippen MR) is 73.6 cm³/mol. The summed E-state index contributed by atoms with van der Waals surface area (Å²) in [5.41, 5.74) is 7.16. The lowest BCUT2D eigenvalue weighted by molar-refractivity contribution is -0.0184. The average molecular weight is 253 g/mol. The molecule has 1 aliphatic heterocycles. The molecule has 1 atom stereocenters. The molecule has 0 aromatic rings. The van der Waals surface area contributed by atoms with Crippen LogP contribution in [0.2, 0.25) is 0 Å². The molecule has 0 bridgehead atoms. The summed E-state index contributed by atoms with van der Waals surface area (Å²) in [5, 5.41) is 0. The second-order valence-corrected chi connectivity index (χ2v) is 5.74. The highest BCUT2D eigenvalue weighted by molar-refractivity contribution is 5.09. The predicted octanol–water partition coefficient (Wildman–Crippen LogP) is 2.79. The van der Waals surface area contributed by atoms with Gasteiger partial charge in [0, 0.05) is 7.11 Å². The summed E-state index contributed by atoms with van der Waals surface area (Å²) >= 11 is 0. The van der Waals surface area contributed by atoms with Crippen molar-refractivity contribution in [3.05, 3.63) is 11.6 Å². The summed E-state index contributed by atoms with van der Waals surface area (Å²) in [6.07, 6.45) is 12.3. The molecule has 1 heterocycles. The van der Waals surface area contributed by atoms with Crippen molar-refractivity contribution in [2.45, 2.75) is 63.1 Å². The average Bonchev–Trinajstić information content (AvgIpc) is 2.98. The molecule has 0 aromatic carbocycles. The van der Waals surface area contributed by atoms with Crippen LogP contribution in [0.4, 0.5) is 0 Å². The van der Waals surface area contributed by atoms with Crippen molar-refractivity contribution in [1.29, 1.82) is 0 Å². The fourth-order valence-corrected chi connectivity index (χ4v) is 3.33. The summed E-state index contributed by atoms with van der Waals surface area (Å²) in [6, 6.07) is 0. The summed E-state index contributed by atoms with van der Waals surface area (Å²) in [6.45, 7) is 1.46. The molecule has 3 nitrogen and oxygen atoms in total. The van der Waals surface area contributed by atoms with Crippen LogP contribution in [0.15, 0.2) is 11.6 Å². The Morgan fingerprint density at radius 1 is 1.39 bits per heavy atom. The Kier molecular flexibility index (Phi) is 5.22. The first-order valence-corrected chi connectivity index (χ1v) is 7.34. The molecule has 1 aliphatic carbocycles. The Balaban J connectivity index is 1.89. The molecule has 1 saturated carbocycles. The van der Waals surface area contributed by atoms with Crippen LogP contribution in [-0.2, 0) is 9.47 Å². The molecule has 18 heavy (non-hydrogen) atoms. The van der Waals surface area contributed by atoms with Crippen molar-refractivity contribution in [3.63, 3.8) is 0 Å². The van der Waals surface area contributed by atoms with Gasteiger partial charge in [-0.1, -0.05) is 18.9 Å². The lowest BCUT2D eigenvalue weighted by atomic mass is 9.98. The van der Waals surface area contributed by atoms with Gasteiger partial charge in [-0.3, -0.25) is 0 Å². The van der Waals surface area contributed by atoms with Gasteiger partial charge in [0.05, 0.1) is 18.3 Å². The summed E-state index contributed by atoms with van der Waals surface area (Å²) in [4.78, 5) is 0. The Bertz CT molecular complexity index is 282. The molecule has 2 rings (SSSR count). The standard InChI is InChI=1S/C15H27NO2/c1-17-12-13(5-4-10-16)11-14-6-9-15(18-14)7-2-3-8-15/h11,14H,2-10,12,16H2,1H3. The topological polar surface area (TPSA) is 44.5 Å². The number of ether oxygens (including phenoxy) is 2. The number of nitrogens with two attached hydrogens (primary N) is 1. The number of hydrogen-bond donors (Lipinski definition) is 1. The lowest BCUT2D eigenvalue weighted by Crippen LogP contribution is -2.24. The highest BCUT2D eigenvalue weighted by Gasteiger charge is 2.41. The van der Waals surface area contributed by atoms with E-state index >= 15 is 0 Å². The van der Waals surface area contributed by atoms with Crippen LogP contribution in [0.5, 0.6) is 0 Å². The van der Waals surface area contributed by atoms with Gasteiger partial charge < -0.3 is 15.2 Å². The smallest absolute Gasteiger partial charge is 0.0767 e. The minimum atomic E-state index is 0.229. The maximum Gasteiger partial charge on any atom is 0.0767 e. The minimum Gasteiger partial charge on any atom is -0.380 e. The maximum absolute atomic E-state index is 6.30. The molecule has 2 N–H and O–H groups in total. The van der Waals surface area contributed by atoms with E-state index in [2.05, 4.69) is 6.08 Å². The second kappa shape index (κ2) is 6.69. The van der Waals surface area contributed by atoms with Gasteiger partial charge in [0.25, 0.3) is 0 Å². The normalized spacial score (nSPS) is 27.2. The molecule has 0 amide bonds. The SMILES string of the molecule is COCC(=CC1CCC2(CCCC2)O1)CCCN. The molecule has 2 fully saturated rings. The van der Waals surface area contributed by atoms with E-state index in [-0.39, 0.29) is 5.60 Å². The van der Waals surface area contributed by atoms with Gasteiger partial charge in [0.1, 0.15) is 0 Å². The van der Waals surface area contributed by atoms with E-state index in [1.165, 1.54) is 44.1 Å². The van der Waals surface area contributed by atoms with Gasteiger partial charge >= 0.3 is 0 Å². The number of rotatable bonds is 6. The van der Waals surface area contributed by atoms with Crippen LogP contribution in [-0.4, -0.2) is 32.0 Å². The zero-order chi connectivity index (χ0) is 12.8. The molecule has 1 spiro atoms. The molecule has 2 aliphatic rings. The number of hydrogen-bond acceptors (Lipinski definition) is 3. The van der Waals surface area contributed by atoms with E-state index in [1.807, 2.05) is 0 Å². The minimum absolute atomic E-state index is 0.229. The van der Waals surface area contributed by atoms with Crippen molar-refractivity contribution in [3.8, 4) is 0 Å². The molecular weight excluding hydrogens is 226 g/mol. The number of methoxy groups -OCH3 is 1. The fraction of sp³-hybridized carbons (Fsp3) is 0.867. The van der Waals surface area contributed by atoms with Crippen molar-refractivity contribution in [1.82, 2.24) is 0 Å². The van der Waals surface area contributed by atoms with Gasteiger partial charge in [-0.25, -0.2) is 0 Å². The summed E-state index contributed by atoms with van der Waals surface area (Å²) < 4.78 is 11.6. The Hall–Kier alpha value is -0.380. The molecule has 0 aromatic heterocycles. The van der Waals surface area contributed by atoms with E-state index in [1.54, 1.807) is 7.11 Å². The molecule has 1 unspecified atom stereocenters. The molecule has 0 radical (unpaired) electrons. The first kappa shape index (κ1) is 14.0. The zero-order valence-electron chi connectivity index (χ0n) is 11.6. The van der Waals surface area contributed by atoms with E-state index in [9.17, 15) is 0 Å². The lowest BCUT2D eigenvalue weighted by Gasteiger charge is -2.23. The van der Waals surface area contributed by atoms with Gasteiger partial charge in [-0.15, -0.1) is 0 Å². The van der Waals surface area contributed by atoms with Gasteiger partial charge in [0.2, 0.25) is 0 Å². The zero-order valence-corrected chi connectivity index (χ0v) is 11.6. The van der Waals surface area contributed by atoms with E-state index in [4.69, 9.17) is 15.2 Å². The maximum atomic E-state index is 6.30. The van der Waals surface area contributed by atoms with Crippen LogP contribution >= 0.6 is 0 Å². The Morgan fingerprint density at radius 3 is 2.83 bits per heavy atom. The Labute approximate surface area is 111 Å². The quantitative estimate of drug-likeness (QED) is 0.740.